The van der Waals surface area contributed by atoms with Crippen LogP contribution in [0.3, 0.4) is 0 Å². The Morgan fingerprint density at radius 3 is 2.55 bits per heavy atom. The van der Waals surface area contributed by atoms with Crippen LogP contribution in [0.4, 0.5) is 0 Å². The molecule has 0 bridgehead atoms. The van der Waals surface area contributed by atoms with Crippen LogP contribution < -0.4 is 0 Å². The minimum Gasteiger partial charge on any atom is -0.463 e. The molecule has 9 heteroatoms. The third-order valence-corrected chi connectivity index (χ3v) is 4.45. The Hall–Kier alpha value is -1.44. The van der Waals surface area contributed by atoms with Crippen molar-refractivity contribution in [2.45, 2.75) is 51.4 Å². The number of rotatable bonds is 6. The standard InChI is InChI=1S/C13H21N3O5S/c1-5-22-13-7(2)12(20-9(4)18)11(15-16-14)10(21-13)6-19-8(3)17/h7,10-13H,5-6H2,1-4H3/t7?,10?,11?,12-,13+/m1/s1. The topological polar surface area (TPSA) is 111 Å². The Balaban J connectivity index is 3.01. The predicted octanol–water partition coefficient (Wildman–Crippen LogP) is 2.27. The summed E-state index contributed by atoms with van der Waals surface area (Å²) in [5.41, 5.74) is 8.53. The van der Waals surface area contributed by atoms with Crippen molar-refractivity contribution < 1.29 is 23.8 Å². The average molecular weight is 331 g/mol. The van der Waals surface area contributed by atoms with Crippen LogP contribution in [0.25, 0.3) is 10.4 Å². The molecule has 22 heavy (non-hydrogen) atoms. The van der Waals surface area contributed by atoms with Crippen molar-refractivity contribution in [3.63, 3.8) is 0 Å². The molecule has 1 aliphatic heterocycles. The van der Waals surface area contributed by atoms with E-state index in [1.165, 1.54) is 13.8 Å². The highest BCUT2D eigenvalue weighted by Crippen LogP contribution is 2.36. The monoisotopic (exact) mass is 331 g/mol. The second-order valence-electron chi connectivity index (χ2n) is 4.93. The summed E-state index contributed by atoms with van der Waals surface area (Å²) in [5, 5.41) is 3.70. The maximum atomic E-state index is 11.4. The number of thioether (sulfide) groups is 1. The van der Waals surface area contributed by atoms with Crippen LogP contribution in [0.15, 0.2) is 5.11 Å². The van der Waals surface area contributed by atoms with E-state index in [0.717, 1.165) is 5.75 Å². The SMILES string of the molecule is CCS[C@@H]1OC(COC(C)=O)C(N=[N+]=[N-])[C@H](OC(C)=O)C1C. The molecule has 1 fully saturated rings. The zero-order valence-corrected chi connectivity index (χ0v) is 13.9. The van der Waals surface area contributed by atoms with Gasteiger partial charge in [-0.2, -0.15) is 0 Å². The summed E-state index contributed by atoms with van der Waals surface area (Å²) in [6, 6.07) is -0.739. The summed E-state index contributed by atoms with van der Waals surface area (Å²) >= 11 is 1.56. The van der Waals surface area contributed by atoms with Gasteiger partial charge in [-0.25, -0.2) is 0 Å². The van der Waals surface area contributed by atoms with E-state index in [-0.39, 0.29) is 18.0 Å². The van der Waals surface area contributed by atoms with Gasteiger partial charge in [0.1, 0.15) is 30.3 Å². The molecule has 1 rings (SSSR count). The lowest BCUT2D eigenvalue weighted by atomic mass is 9.91. The van der Waals surface area contributed by atoms with Gasteiger partial charge in [-0.05, 0) is 11.3 Å². The molecule has 0 aliphatic carbocycles. The van der Waals surface area contributed by atoms with Crippen LogP contribution in [-0.2, 0) is 23.8 Å². The number of esters is 2. The number of ether oxygens (including phenoxy) is 3. The van der Waals surface area contributed by atoms with E-state index < -0.39 is 30.2 Å². The average Bonchev–Trinajstić information content (AvgIpc) is 2.44. The number of nitrogens with zero attached hydrogens (tertiary/aromatic N) is 3. The van der Waals surface area contributed by atoms with Gasteiger partial charge in [-0.1, -0.05) is 19.0 Å². The number of carbonyl (C=O) groups excluding carboxylic acids is 2. The molecule has 124 valence electrons. The fourth-order valence-corrected chi connectivity index (χ4v) is 3.32. The molecule has 8 nitrogen and oxygen atoms in total. The van der Waals surface area contributed by atoms with Gasteiger partial charge in [-0.3, -0.25) is 9.59 Å². The summed E-state index contributed by atoms with van der Waals surface area (Å²) in [6.45, 7) is 6.41. The molecule has 0 aromatic heterocycles. The van der Waals surface area contributed by atoms with Crippen molar-refractivity contribution in [1.29, 1.82) is 0 Å². The first kappa shape index (κ1) is 18.6. The van der Waals surface area contributed by atoms with Crippen LogP contribution in [0.1, 0.15) is 27.7 Å². The van der Waals surface area contributed by atoms with E-state index in [9.17, 15) is 9.59 Å². The molecular formula is C13H21N3O5S. The molecule has 0 radical (unpaired) electrons. The highest BCUT2D eigenvalue weighted by molar-refractivity contribution is 7.99. The summed E-state index contributed by atoms with van der Waals surface area (Å²) in [6.07, 6.45) is -1.27. The van der Waals surface area contributed by atoms with E-state index in [0.29, 0.717) is 0 Å². The second kappa shape index (κ2) is 8.87. The smallest absolute Gasteiger partial charge is 0.302 e. The van der Waals surface area contributed by atoms with Gasteiger partial charge in [0.15, 0.2) is 0 Å². The molecule has 0 aromatic carbocycles. The quantitative estimate of drug-likeness (QED) is 0.319. The van der Waals surface area contributed by atoms with Gasteiger partial charge in [0.2, 0.25) is 0 Å². The minimum atomic E-state index is -0.739. The van der Waals surface area contributed by atoms with E-state index in [4.69, 9.17) is 19.7 Å². The summed E-state index contributed by atoms with van der Waals surface area (Å²) in [4.78, 5) is 25.2. The lowest BCUT2D eigenvalue weighted by Gasteiger charge is -2.43. The first-order chi connectivity index (χ1) is 10.4. The van der Waals surface area contributed by atoms with Crippen LogP contribution >= 0.6 is 11.8 Å². The lowest BCUT2D eigenvalue weighted by Crippen LogP contribution is -2.54. The molecule has 0 saturated carbocycles. The highest BCUT2D eigenvalue weighted by Gasteiger charge is 2.45. The maximum Gasteiger partial charge on any atom is 0.302 e. The van der Waals surface area contributed by atoms with Crippen molar-refractivity contribution in [3.05, 3.63) is 10.4 Å². The number of hydrogen-bond acceptors (Lipinski definition) is 7. The van der Waals surface area contributed by atoms with E-state index in [1.807, 2.05) is 13.8 Å². The molecule has 5 atom stereocenters. The number of carbonyl (C=O) groups is 2. The first-order valence-electron chi connectivity index (χ1n) is 7.02. The predicted molar refractivity (Wildman–Crippen MR) is 81.1 cm³/mol. The van der Waals surface area contributed by atoms with Gasteiger partial charge in [0.05, 0.1) is 0 Å². The van der Waals surface area contributed by atoms with E-state index in [2.05, 4.69) is 10.0 Å². The van der Waals surface area contributed by atoms with Gasteiger partial charge < -0.3 is 14.2 Å². The molecular weight excluding hydrogens is 310 g/mol. The van der Waals surface area contributed by atoms with Gasteiger partial charge in [0.25, 0.3) is 0 Å². The Morgan fingerprint density at radius 1 is 1.36 bits per heavy atom. The van der Waals surface area contributed by atoms with Gasteiger partial charge in [0, 0.05) is 24.7 Å². The molecule has 0 amide bonds. The van der Waals surface area contributed by atoms with Crippen molar-refractivity contribution in [1.82, 2.24) is 0 Å². The fourth-order valence-electron chi connectivity index (χ4n) is 2.32. The second-order valence-corrected chi connectivity index (χ2v) is 6.30. The molecule has 3 unspecified atom stereocenters. The number of azide groups is 1. The maximum absolute atomic E-state index is 11.4. The number of hydrogen-bond donors (Lipinski definition) is 0. The Morgan fingerprint density at radius 2 is 2.05 bits per heavy atom. The summed E-state index contributed by atoms with van der Waals surface area (Å²) in [5.74, 6) is -0.249. The van der Waals surface area contributed by atoms with Crippen LogP contribution in [-0.4, -0.2) is 48.0 Å². The third kappa shape index (κ3) is 5.08. The van der Waals surface area contributed by atoms with Gasteiger partial charge in [-0.15, -0.1) is 11.8 Å². The van der Waals surface area contributed by atoms with Crippen molar-refractivity contribution in [2.75, 3.05) is 12.4 Å². The molecule has 1 heterocycles. The zero-order valence-electron chi connectivity index (χ0n) is 13.1. The molecule has 1 saturated heterocycles. The molecule has 0 aromatic rings. The zero-order chi connectivity index (χ0) is 16.7. The highest BCUT2D eigenvalue weighted by atomic mass is 32.2. The molecule has 0 spiro atoms. The van der Waals surface area contributed by atoms with E-state index >= 15 is 0 Å². The van der Waals surface area contributed by atoms with E-state index in [1.54, 1.807) is 11.8 Å². The fraction of sp³-hybridized carbons (Fsp3) is 0.846. The largest absolute Gasteiger partial charge is 0.463 e. The van der Waals surface area contributed by atoms with Crippen molar-refractivity contribution >= 4 is 23.7 Å². The van der Waals surface area contributed by atoms with Crippen molar-refractivity contribution in [3.8, 4) is 0 Å². The summed E-state index contributed by atoms with van der Waals surface area (Å²) < 4.78 is 16.2. The summed E-state index contributed by atoms with van der Waals surface area (Å²) in [7, 11) is 0. The van der Waals surface area contributed by atoms with Gasteiger partial charge >= 0.3 is 11.9 Å². The van der Waals surface area contributed by atoms with Crippen LogP contribution in [0, 0.1) is 5.92 Å². The Kier molecular flexibility index (Phi) is 7.50. The Bertz CT molecular complexity index is 455. The van der Waals surface area contributed by atoms with Crippen LogP contribution in [0.2, 0.25) is 0 Å². The Labute approximate surface area is 133 Å². The minimum absolute atomic E-state index is 0.0513. The molecule has 0 N–H and O–H groups in total. The first-order valence-corrected chi connectivity index (χ1v) is 8.07. The van der Waals surface area contributed by atoms with Crippen molar-refractivity contribution in [2.24, 2.45) is 11.0 Å². The third-order valence-electron chi connectivity index (χ3n) is 3.24. The van der Waals surface area contributed by atoms with Crippen LogP contribution in [0.5, 0.6) is 0 Å². The normalized spacial score (nSPS) is 31.0. The molecule has 1 aliphatic rings. The lowest BCUT2D eigenvalue weighted by molar-refractivity contribution is -0.175.